The van der Waals surface area contributed by atoms with E-state index in [1.54, 1.807) is 5.56 Å². The molecule has 1 aliphatic carbocycles. The minimum absolute atomic E-state index is 0.834. The fourth-order valence-electron chi connectivity index (χ4n) is 3.09. The molecule has 0 radical (unpaired) electrons. The van der Waals surface area contributed by atoms with Crippen LogP contribution in [0.3, 0.4) is 0 Å². The van der Waals surface area contributed by atoms with Crippen molar-refractivity contribution in [1.29, 1.82) is 0 Å². The van der Waals surface area contributed by atoms with Gasteiger partial charge in [-0.2, -0.15) is 0 Å². The maximum atomic E-state index is 2.42. The lowest BCUT2D eigenvalue weighted by Gasteiger charge is -2.25. The van der Waals surface area contributed by atoms with Crippen molar-refractivity contribution in [2.45, 2.75) is 45.4 Å². The monoisotopic (exact) mass is 202 g/mol. The Labute approximate surface area is 93.7 Å². The van der Waals surface area contributed by atoms with Crippen LogP contribution in [0.2, 0.25) is 0 Å². The van der Waals surface area contributed by atoms with E-state index in [2.05, 4.69) is 44.2 Å². The molecule has 0 heteroatoms. The third-order valence-corrected chi connectivity index (χ3v) is 4.17. The molecular weight excluding hydrogens is 180 g/mol. The van der Waals surface area contributed by atoms with Gasteiger partial charge in [0.1, 0.15) is 0 Å². The summed E-state index contributed by atoms with van der Waals surface area (Å²) in [4.78, 5) is 0. The second-order valence-electron chi connectivity index (χ2n) is 5.00. The largest absolute Gasteiger partial charge is 0.0651 e. The van der Waals surface area contributed by atoms with E-state index in [4.69, 9.17) is 0 Å². The summed E-state index contributed by atoms with van der Waals surface area (Å²) in [6.45, 7) is 4.75. The third kappa shape index (κ3) is 2.25. The van der Waals surface area contributed by atoms with Crippen LogP contribution in [-0.4, -0.2) is 0 Å². The molecule has 1 fully saturated rings. The fraction of sp³-hybridized carbons (Fsp3) is 0.600. The first-order valence-corrected chi connectivity index (χ1v) is 6.38. The Morgan fingerprint density at radius 3 is 2.60 bits per heavy atom. The zero-order valence-electron chi connectivity index (χ0n) is 9.95. The summed E-state index contributed by atoms with van der Waals surface area (Å²) in [5.74, 6) is 2.65. The first kappa shape index (κ1) is 10.7. The third-order valence-electron chi connectivity index (χ3n) is 4.17. The topological polar surface area (TPSA) is 0 Å². The van der Waals surface area contributed by atoms with Crippen molar-refractivity contribution >= 4 is 0 Å². The molecule has 0 nitrogen and oxygen atoms in total. The Morgan fingerprint density at radius 2 is 1.93 bits per heavy atom. The van der Waals surface area contributed by atoms with Crippen LogP contribution in [-0.2, 0) is 0 Å². The van der Waals surface area contributed by atoms with Crippen LogP contribution >= 0.6 is 0 Å². The van der Waals surface area contributed by atoms with Gasteiger partial charge in [0.05, 0.1) is 0 Å². The summed E-state index contributed by atoms with van der Waals surface area (Å²) in [6, 6.07) is 11.1. The molecule has 0 bridgehead atoms. The van der Waals surface area contributed by atoms with Crippen molar-refractivity contribution in [2.75, 3.05) is 0 Å². The van der Waals surface area contributed by atoms with Gasteiger partial charge in [-0.15, -0.1) is 0 Å². The van der Waals surface area contributed by atoms with Gasteiger partial charge < -0.3 is 0 Å². The van der Waals surface area contributed by atoms with Crippen LogP contribution in [0, 0.1) is 11.8 Å². The Hall–Kier alpha value is -0.780. The van der Waals surface area contributed by atoms with E-state index >= 15 is 0 Å². The van der Waals surface area contributed by atoms with E-state index in [0.717, 1.165) is 17.8 Å². The molecule has 82 valence electrons. The van der Waals surface area contributed by atoms with E-state index in [-0.39, 0.29) is 0 Å². The highest BCUT2D eigenvalue weighted by atomic mass is 14.4. The van der Waals surface area contributed by atoms with Crippen molar-refractivity contribution in [2.24, 2.45) is 11.8 Å². The molecule has 3 unspecified atom stereocenters. The van der Waals surface area contributed by atoms with E-state index in [1.165, 1.54) is 25.7 Å². The maximum Gasteiger partial charge on any atom is -0.0131 e. The molecule has 3 atom stereocenters. The quantitative estimate of drug-likeness (QED) is 0.671. The van der Waals surface area contributed by atoms with Crippen molar-refractivity contribution in [3.05, 3.63) is 35.9 Å². The van der Waals surface area contributed by atoms with Crippen LogP contribution in [0.4, 0.5) is 0 Å². The number of hydrogen-bond donors (Lipinski definition) is 0. The Morgan fingerprint density at radius 1 is 1.20 bits per heavy atom. The van der Waals surface area contributed by atoms with Gasteiger partial charge in [0.25, 0.3) is 0 Å². The van der Waals surface area contributed by atoms with E-state index in [9.17, 15) is 0 Å². The molecule has 1 aromatic rings. The SMILES string of the molecule is CCC(C)C1CCCC1c1ccccc1. The normalized spacial score (nSPS) is 27.9. The van der Waals surface area contributed by atoms with Crippen LogP contribution < -0.4 is 0 Å². The molecule has 0 N–H and O–H groups in total. The van der Waals surface area contributed by atoms with Crippen molar-refractivity contribution < 1.29 is 0 Å². The van der Waals surface area contributed by atoms with Gasteiger partial charge in [-0.1, -0.05) is 57.0 Å². The van der Waals surface area contributed by atoms with Gasteiger partial charge >= 0.3 is 0 Å². The lowest BCUT2D eigenvalue weighted by Crippen LogP contribution is -2.14. The fourth-order valence-corrected chi connectivity index (χ4v) is 3.09. The highest BCUT2D eigenvalue weighted by Crippen LogP contribution is 2.44. The standard InChI is InChI=1S/C15H22/c1-3-12(2)14-10-7-11-15(14)13-8-5-4-6-9-13/h4-6,8-9,12,14-15H,3,7,10-11H2,1-2H3. The highest BCUT2D eigenvalue weighted by Gasteiger charge is 2.31. The van der Waals surface area contributed by atoms with E-state index < -0.39 is 0 Å². The van der Waals surface area contributed by atoms with Crippen molar-refractivity contribution in [3.63, 3.8) is 0 Å². The molecule has 0 amide bonds. The summed E-state index contributed by atoms with van der Waals surface area (Å²) in [7, 11) is 0. The molecule has 1 aromatic carbocycles. The minimum Gasteiger partial charge on any atom is -0.0651 e. The summed E-state index contributed by atoms with van der Waals surface area (Å²) in [5, 5.41) is 0. The van der Waals surface area contributed by atoms with Gasteiger partial charge in [-0.05, 0) is 36.2 Å². The molecule has 0 heterocycles. The van der Waals surface area contributed by atoms with Crippen LogP contribution in [0.25, 0.3) is 0 Å². The average molecular weight is 202 g/mol. The van der Waals surface area contributed by atoms with E-state index in [0.29, 0.717) is 0 Å². The van der Waals surface area contributed by atoms with Gasteiger partial charge in [-0.3, -0.25) is 0 Å². The summed E-state index contributed by atoms with van der Waals surface area (Å²) in [6.07, 6.45) is 5.59. The zero-order chi connectivity index (χ0) is 10.7. The first-order valence-electron chi connectivity index (χ1n) is 6.38. The first-order chi connectivity index (χ1) is 7.33. The molecule has 0 spiro atoms. The van der Waals surface area contributed by atoms with Crippen LogP contribution in [0.1, 0.15) is 51.0 Å². The number of rotatable bonds is 3. The lowest BCUT2D eigenvalue weighted by atomic mass is 9.80. The Bertz CT molecular complexity index is 288. The zero-order valence-corrected chi connectivity index (χ0v) is 9.95. The molecule has 15 heavy (non-hydrogen) atoms. The molecule has 0 aromatic heterocycles. The summed E-state index contributed by atoms with van der Waals surface area (Å²) in [5.41, 5.74) is 1.57. The van der Waals surface area contributed by atoms with Crippen LogP contribution in [0.5, 0.6) is 0 Å². The van der Waals surface area contributed by atoms with Gasteiger partial charge in [-0.25, -0.2) is 0 Å². The molecule has 1 saturated carbocycles. The Balaban J connectivity index is 2.15. The second-order valence-corrected chi connectivity index (χ2v) is 5.00. The van der Waals surface area contributed by atoms with Gasteiger partial charge in [0, 0.05) is 0 Å². The smallest absolute Gasteiger partial charge is 0.0131 e. The second kappa shape index (κ2) is 4.83. The highest BCUT2D eigenvalue weighted by molar-refractivity contribution is 5.21. The summed E-state index contributed by atoms with van der Waals surface area (Å²) >= 11 is 0. The summed E-state index contributed by atoms with van der Waals surface area (Å²) < 4.78 is 0. The molecule has 0 aliphatic heterocycles. The molecule has 0 saturated heterocycles. The predicted molar refractivity (Wildman–Crippen MR) is 66.0 cm³/mol. The van der Waals surface area contributed by atoms with Crippen LogP contribution in [0.15, 0.2) is 30.3 Å². The molecule has 2 rings (SSSR count). The van der Waals surface area contributed by atoms with Gasteiger partial charge in [0.15, 0.2) is 0 Å². The predicted octanol–water partition coefficient (Wildman–Crippen LogP) is 4.62. The Kier molecular flexibility index (Phi) is 3.45. The molecule has 1 aliphatic rings. The number of hydrogen-bond acceptors (Lipinski definition) is 0. The van der Waals surface area contributed by atoms with E-state index in [1.807, 2.05) is 0 Å². The lowest BCUT2D eigenvalue weighted by molar-refractivity contribution is 0.324. The number of benzene rings is 1. The van der Waals surface area contributed by atoms with Crippen molar-refractivity contribution in [1.82, 2.24) is 0 Å². The molecular formula is C15H22. The van der Waals surface area contributed by atoms with Crippen molar-refractivity contribution in [3.8, 4) is 0 Å². The maximum absolute atomic E-state index is 2.42. The van der Waals surface area contributed by atoms with Gasteiger partial charge in [0.2, 0.25) is 0 Å². The minimum atomic E-state index is 0.834. The average Bonchev–Trinajstić information content (AvgIpc) is 2.78.